The molecule has 19 heavy (non-hydrogen) atoms. The molecule has 3 nitrogen and oxygen atoms in total. The monoisotopic (exact) mass is 265 g/mol. The summed E-state index contributed by atoms with van der Waals surface area (Å²) in [5.74, 6) is -0.596. The lowest BCUT2D eigenvalue weighted by atomic mass is 9.76. The molecule has 3 rings (SSSR count). The number of nitrogens with one attached hydrogen (secondary N) is 2. The number of rotatable bonds is 2. The maximum absolute atomic E-state index is 13.8. The van der Waals surface area contributed by atoms with E-state index in [1.165, 1.54) is 0 Å². The zero-order valence-corrected chi connectivity index (χ0v) is 11.1. The molecule has 1 fully saturated rings. The van der Waals surface area contributed by atoms with E-state index in [4.69, 9.17) is 0 Å². The minimum absolute atomic E-state index is 0.0990. The minimum Gasteiger partial charge on any atom is -0.341 e. The summed E-state index contributed by atoms with van der Waals surface area (Å²) in [7, 11) is 0. The third kappa shape index (κ3) is 1.75. The number of nitrogens with zero attached hydrogens (tertiary/aromatic N) is 1. The molecule has 1 aliphatic heterocycles. The molecule has 2 heterocycles. The Hall–Kier alpha value is -1.49. The predicted octanol–water partition coefficient (Wildman–Crippen LogP) is 2.73. The van der Waals surface area contributed by atoms with Crippen molar-refractivity contribution in [1.29, 1.82) is 0 Å². The van der Waals surface area contributed by atoms with E-state index in [9.17, 15) is 8.78 Å². The molecule has 0 saturated carbocycles. The molecule has 1 aromatic carbocycles. The standard InChI is InChI=1S/C14H17F2N3/c1-8(2)14(5-6-17-7-14)13-18-10-4-3-9(15)11(16)12(10)19-13/h3-4,8,17H,5-7H2,1-2H3,(H,18,19). The number of halogens is 2. The summed E-state index contributed by atoms with van der Waals surface area (Å²) in [6.07, 6.45) is 0.953. The molecular formula is C14H17F2N3. The average molecular weight is 265 g/mol. The van der Waals surface area contributed by atoms with E-state index in [1.807, 2.05) is 0 Å². The van der Waals surface area contributed by atoms with Gasteiger partial charge >= 0.3 is 0 Å². The molecular weight excluding hydrogens is 248 g/mol. The van der Waals surface area contributed by atoms with Crippen molar-refractivity contribution < 1.29 is 8.78 Å². The van der Waals surface area contributed by atoms with Crippen LogP contribution in [-0.4, -0.2) is 23.1 Å². The van der Waals surface area contributed by atoms with E-state index in [2.05, 4.69) is 29.1 Å². The molecule has 1 aliphatic rings. The first-order valence-electron chi connectivity index (χ1n) is 6.59. The van der Waals surface area contributed by atoms with Crippen LogP contribution < -0.4 is 5.32 Å². The van der Waals surface area contributed by atoms with Gasteiger partial charge in [0.15, 0.2) is 11.6 Å². The molecule has 1 unspecified atom stereocenters. The van der Waals surface area contributed by atoms with Gasteiger partial charge in [-0.1, -0.05) is 13.8 Å². The highest BCUT2D eigenvalue weighted by Gasteiger charge is 2.41. The Kier molecular flexibility index (Phi) is 2.82. The second-order valence-corrected chi connectivity index (χ2v) is 5.58. The van der Waals surface area contributed by atoms with Crippen LogP contribution in [0.5, 0.6) is 0 Å². The van der Waals surface area contributed by atoms with Crippen LogP contribution >= 0.6 is 0 Å². The molecule has 0 amide bonds. The maximum Gasteiger partial charge on any atom is 0.186 e. The maximum atomic E-state index is 13.8. The highest BCUT2D eigenvalue weighted by atomic mass is 19.2. The summed E-state index contributed by atoms with van der Waals surface area (Å²) in [5.41, 5.74) is 0.532. The van der Waals surface area contributed by atoms with Crippen molar-refractivity contribution in [2.75, 3.05) is 13.1 Å². The van der Waals surface area contributed by atoms with Gasteiger partial charge < -0.3 is 10.3 Å². The molecule has 1 saturated heterocycles. The lowest BCUT2D eigenvalue weighted by molar-refractivity contribution is 0.320. The molecule has 0 bridgehead atoms. The van der Waals surface area contributed by atoms with E-state index >= 15 is 0 Å². The number of hydrogen-bond donors (Lipinski definition) is 2. The van der Waals surface area contributed by atoms with Gasteiger partial charge in [-0.25, -0.2) is 13.8 Å². The van der Waals surface area contributed by atoms with Crippen molar-refractivity contribution in [3.8, 4) is 0 Å². The Labute approximate surface area is 110 Å². The molecule has 5 heteroatoms. The van der Waals surface area contributed by atoms with Gasteiger partial charge in [0.05, 0.1) is 5.52 Å². The van der Waals surface area contributed by atoms with Gasteiger partial charge in [0.2, 0.25) is 0 Å². The first-order valence-corrected chi connectivity index (χ1v) is 6.59. The predicted molar refractivity (Wildman–Crippen MR) is 70.0 cm³/mol. The number of benzene rings is 1. The summed E-state index contributed by atoms with van der Waals surface area (Å²) >= 11 is 0. The van der Waals surface area contributed by atoms with E-state index in [1.54, 1.807) is 6.07 Å². The summed E-state index contributed by atoms with van der Waals surface area (Å²) in [6, 6.07) is 2.68. The van der Waals surface area contributed by atoms with Gasteiger partial charge in [0.1, 0.15) is 11.3 Å². The van der Waals surface area contributed by atoms with E-state index in [0.717, 1.165) is 31.4 Å². The molecule has 1 aromatic heterocycles. The Morgan fingerprint density at radius 3 is 2.74 bits per heavy atom. The van der Waals surface area contributed by atoms with Gasteiger partial charge in [0, 0.05) is 12.0 Å². The average Bonchev–Trinajstić information content (AvgIpc) is 3.00. The number of aromatic amines is 1. The van der Waals surface area contributed by atoms with Crippen LogP contribution in [0.1, 0.15) is 26.1 Å². The third-order valence-corrected chi connectivity index (χ3v) is 4.31. The van der Waals surface area contributed by atoms with E-state index in [-0.39, 0.29) is 10.9 Å². The smallest absolute Gasteiger partial charge is 0.186 e. The molecule has 1 atom stereocenters. The first-order chi connectivity index (χ1) is 9.04. The number of imidazole rings is 1. The van der Waals surface area contributed by atoms with Crippen LogP contribution in [0.25, 0.3) is 11.0 Å². The fourth-order valence-corrected chi connectivity index (χ4v) is 2.93. The van der Waals surface area contributed by atoms with Crippen LogP contribution in [0.2, 0.25) is 0 Å². The third-order valence-electron chi connectivity index (χ3n) is 4.31. The zero-order chi connectivity index (χ0) is 13.6. The summed E-state index contributed by atoms with van der Waals surface area (Å²) in [4.78, 5) is 7.51. The van der Waals surface area contributed by atoms with Crippen molar-refractivity contribution in [2.24, 2.45) is 5.92 Å². The topological polar surface area (TPSA) is 40.7 Å². The van der Waals surface area contributed by atoms with Crippen LogP contribution in [0.4, 0.5) is 8.78 Å². The van der Waals surface area contributed by atoms with E-state index < -0.39 is 11.6 Å². The van der Waals surface area contributed by atoms with Crippen LogP contribution in [0.3, 0.4) is 0 Å². The molecule has 102 valence electrons. The summed E-state index contributed by atoms with van der Waals surface area (Å²) < 4.78 is 27.0. The highest BCUT2D eigenvalue weighted by molar-refractivity contribution is 5.76. The van der Waals surface area contributed by atoms with Crippen molar-refractivity contribution in [1.82, 2.24) is 15.3 Å². The van der Waals surface area contributed by atoms with Crippen LogP contribution in [-0.2, 0) is 5.41 Å². The largest absolute Gasteiger partial charge is 0.341 e. The van der Waals surface area contributed by atoms with Gasteiger partial charge in [-0.05, 0) is 31.0 Å². The second kappa shape index (κ2) is 4.27. The number of hydrogen-bond acceptors (Lipinski definition) is 2. The number of H-pyrrole nitrogens is 1. The number of aromatic nitrogens is 2. The van der Waals surface area contributed by atoms with E-state index in [0.29, 0.717) is 11.4 Å². The molecule has 2 N–H and O–H groups in total. The Morgan fingerprint density at radius 2 is 2.11 bits per heavy atom. The number of fused-ring (bicyclic) bond motifs is 1. The van der Waals surface area contributed by atoms with Crippen molar-refractivity contribution in [3.63, 3.8) is 0 Å². The van der Waals surface area contributed by atoms with Crippen LogP contribution in [0, 0.1) is 17.6 Å². The van der Waals surface area contributed by atoms with Crippen LogP contribution in [0.15, 0.2) is 12.1 Å². The lowest BCUT2D eigenvalue weighted by Crippen LogP contribution is -2.35. The normalized spacial score (nSPS) is 23.6. The fraction of sp³-hybridized carbons (Fsp3) is 0.500. The first kappa shape index (κ1) is 12.5. The van der Waals surface area contributed by atoms with Crippen molar-refractivity contribution >= 4 is 11.0 Å². The quantitative estimate of drug-likeness (QED) is 0.876. The van der Waals surface area contributed by atoms with Crippen molar-refractivity contribution in [2.45, 2.75) is 25.7 Å². The van der Waals surface area contributed by atoms with Gasteiger partial charge in [-0.2, -0.15) is 0 Å². The summed E-state index contributed by atoms with van der Waals surface area (Å²) in [6.45, 7) is 6.01. The van der Waals surface area contributed by atoms with Gasteiger partial charge in [0.25, 0.3) is 0 Å². The molecule has 0 radical (unpaired) electrons. The molecule has 2 aromatic rings. The highest BCUT2D eigenvalue weighted by Crippen LogP contribution is 2.37. The van der Waals surface area contributed by atoms with Gasteiger partial charge in [-0.3, -0.25) is 0 Å². The lowest BCUT2D eigenvalue weighted by Gasteiger charge is -2.30. The SMILES string of the molecule is CC(C)C1(c2nc3c(F)c(F)ccc3[nH]2)CCNC1. The Morgan fingerprint density at radius 1 is 1.32 bits per heavy atom. The van der Waals surface area contributed by atoms with Gasteiger partial charge in [-0.15, -0.1) is 0 Å². The molecule has 0 spiro atoms. The molecule has 0 aliphatic carbocycles. The van der Waals surface area contributed by atoms with Crippen molar-refractivity contribution in [3.05, 3.63) is 29.6 Å². The minimum atomic E-state index is -0.870. The second-order valence-electron chi connectivity index (χ2n) is 5.58. The zero-order valence-electron chi connectivity index (χ0n) is 11.1. The fourth-order valence-electron chi connectivity index (χ4n) is 2.93. The summed E-state index contributed by atoms with van der Waals surface area (Å²) in [5, 5.41) is 3.34. The Balaban J connectivity index is 2.17. The Bertz CT molecular complexity index is 612.